The Bertz CT molecular complexity index is 1540. The summed E-state index contributed by atoms with van der Waals surface area (Å²) in [7, 11) is 2.77. The molecule has 44 heavy (non-hydrogen) atoms. The number of ether oxygens (including phenoxy) is 5. The van der Waals surface area contributed by atoms with Crippen LogP contribution in [0.15, 0.2) is 42.7 Å². The Labute approximate surface area is 260 Å². The van der Waals surface area contributed by atoms with Gasteiger partial charge in [-0.3, -0.25) is 24.3 Å². The van der Waals surface area contributed by atoms with Crippen LogP contribution in [0.5, 0.6) is 23.0 Å². The van der Waals surface area contributed by atoms with E-state index in [4.69, 9.17) is 42.1 Å². The summed E-state index contributed by atoms with van der Waals surface area (Å²) in [4.78, 5) is 44.2. The molecule has 0 N–H and O–H groups in total. The Morgan fingerprint density at radius 3 is 2.11 bits per heavy atom. The Balaban J connectivity index is 1.42. The molecular formula is C30H26Cl2F2N2O8. The number of benzene rings is 2. The lowest BCUT2D eigenvalue weighted by atomic mass is 10.0. The first-order valence-corrected chi connectivity index (χ1v) is 14.2. The second-order valence-corrected chi connectivity index (χ2v) is 10.9. The molecule has 1 unspecified atom stereocenters. The van der Waals surface area contributed by atoms with Crippen molar-refractivity contribution < 1.29 is 46.8 Å². The van der Waals surface area contributed by atoms with E-state index < -0.39 is 37.0 Å². The van der Waals surface area contributed by atoms with Gasteiger partial charge in [-0.15, -0.1) is 0 Å². The zero-order valence-corrected chi connectivity index (χ0v) is 25.0. The maximum atomic E-state index is 13.3. The number of carbonyl (C=O) groups is 3. The Morgan fingerprint density at radius 2 is 1.57 bits per heavy atom. The van der Waals surface area contributed by atoms with Crippen LogP contribution in [0, 0.1) is 5.92 Å². The molecule has 1 fully saturated rings. The van der Waals surface area contributed by atoms with Crippen LogP contribution in [-0.4, -0.2) is 61.7 Å². The van der Waals surface area contributed by atoms with Crippen molar-refractivity contribution in [3.8, 4) is 23.0 Å². The monoisotopic (exact) mass is 650 g/mol. The van der Waals surface area contributed by atoms with Gasteiger partial charge in [0.1, 0.15) is 12.6 Å². The summed E-state index contributed by atoms with van der Waals surface area (Å²) >= 11 is 12.7. The van der Waals surface area contributed by atoms with Gasteiger partial charge in [-0.05, 0) is 54.2 Å². The fourth-order valence-corrected chi connectivity index (χ4v) is 5.17. The zero-order valence-electron chi connectivity index (χ0n) is 23.5. The van der Waals surface area contributed by atoms with E-state index in [-0.39, 0.29) is 50.6 Å². The average Bonchev–Trinajstić information content (AvgIpc) is 3.80. The van der Waals surface area contributed by atoms with E-state index in [2.05, 4.69) is 9.72 Å². The number of carbonyl (C=O) groups excluding carboxylic acids is 3. The van der Waals surface area contributed by atoms with Crippen LogP contribution in [0.2, 0.25) is 10.0 Å². The van der Waals surface area contributed by atoms with Gasteiger partial charge in [0, 0.05) is 18.8 Å². The highest BCUT2D eigenvalue weighted by Gasteiger charge is 2.39. The summed E-state index contributed by atoms with van der Waals surface area (Å²) < 4.78 is 52.9. The van der Waals surface area contributed by atoms with Gasteiger partial charge < -0.3 is 23.7 Å². The number of halogens is 4. The minimum absolute atomic E-state index is 0.0333. The molecule has 10 nitrogen and oxygen atoms in total. The second kappa shape index (κ2) is 13.2. The summed E-state index contributed by atoms with van der Waals surface area (Å²) in [5.74, 6) is -1.74. The van der Waals surface area contributed by atoms with Gasteiger partial charge in [-0.1, -0.05) is 29.3 Å². The van der Waals surface area contributed by atoms with Crippen LogP contribution >= 0.6 is 23.2 Å². The maximum absolute atomic E-state index is 13.3. The van der Waals surface area contributed by atoms with E-state index in [0.29, 0.717) is 23.7 Å². The fourth-order valence-electron chi connectivity index (χ4n) is 4.65. The van der Waals surface area contributed by atoms with Crippen molar-refractivity contribution in [1.29, 1.82) is 0 Å². The summed E-state index contributed by atoms with van der Waals surface area (Å²) in [6, 6.07) is 6.88. The van der Waals surface area contributed by atoms with Crippen molar-refractivity contribution >= 4 is 41.0 Å². The average molecular weight is 651 g/mol. The molecule has 1 saturated carbocycles. The second-order valence-electron chi connectivity index (χ2n) is 10.1. The number of amides is 2. The van der Waals surface area contributed by atoms with Gasteiger partial charge in [0.2, 0.25) is 0 Å². The highest BCUT2D eigenvalue weighted by molar-refractivity contribution is 6.35. The van der Waals surface area contributed by atoms with Crippen LogP contribution in [0.25, 0.3) is 0 Å². The van der Waals surface area contributed by atoms with E-state index in [1.165, 1.54) is 56.9 Å². The van der Waals surface area contributed by atoms with E-state index in [1.54, 1.807) is 0 Å². The first-order chi connectivity index (χ1) is 21.1. The third-order valence-corrected chi connectivity index (χ3v) is 7.76. The van der Waals surface area contributed by atoms with E-state index in [0.717, 1.165) is 17.7 Å². The van der Waals surface area contributed by atoms with Crippen molar-refractivity contribution in [3.05, 3.63) is 75.0 Å². The lowest BCUT2D eigenvalue weighted by molar-refractivity contribution is -0.149. The molecule has 3 aromatic rings. The number of aromatic nitrogens is 1. The fraction of sp³-hybridized carbons (Fsp3) is 0.333. The minimum Gasteiger partial charge on any atom is -0.493 e. The molecule has 232 valence electrons. The first kappa shape index (κ1) is 31.3. The summed E-state index contributed by atoms with van der Waals surface area (Å²) in [5.41, 5.74) is 0.819. The number of hydrogen-bond donors (Lipinski definition) is 0. The number of alkyl halides is 2. The molecule has 1 aromatic heterocycles. The number of fused-ring (bicyclic) bond motifs is 1. The molecule has 0 radical (unpaired) electrons. The van der Waals surface area contributed by atoms with Gasteiger partial charge >= 0.3 is 12.6 Å². The minimum atomic E-state index is -3.09. The standard InChI is InChI=1S/C30H26Cl2F2N2O8/c1-40-24-8-17-18(9-25(24)41-2)29(39)36(28(17)38)13-27(37)43-23(10-19-20(31)11-35-12-21(19)32)16-5-6-22(44-30(33)34)26(7-16)42-14-15-3-4-15/h5-9,11-12,15,23,30H,3-4,10,13-14H2,1-2H3. The van der Waals surface area contributed by atoms with E-state index in [9.17, 15) is 23.2 Å². The van der Waals surface area contributed by atoms with Gasteiger partial charge in [0.15, 0.2) is 23.0 Å². The molecule has 2 amide bonds. The highest BCUT2D eigenvalue weighted by Crippen LogP contribution is 2.39. The van der Waals surface area contributed by atoms with Crippen molar-refractivity contribution in [2.75, 3.05) is 27.4 Å². The van der Waals surface area contributed by atoms with Crippen molar-refractivity contribution in [2.45, 2.75) is 32.0 Å². The van der Waals surface area contributed by atoms with Crippen molar-refractivity contribution in [3.63, 3.8) is 0 Å². The number of pyridine rings is 1. The Hall–Kier alpha value is -4.16. The maximum Gasteiger partial charge on any atom is 0.387 e. The molecule has 5 rings (SSSR count). The number of nitrogens with zero attached hydrogens (tertiary/aromatic N) is 2. The lowest BCUT2D eigenvalue weighted by Gasteiger charge is -2.22. The first-order valence-electron chi connectivity index (χ1n) is 13.4. The molecule has 0 spiro atoms. The lowest BCUT2D eigenvalue weighted by Crippen LogP contribution is -2.36. The predicted octanol–water partition coefficient (Wildman–Crippen LogP) is 5.92. The van der Waals surface area contributed by atoms with Gasteiger partial charge in [0.25, 0.3) is 11.8 Å². The molecule has 0 bridgehead atoms. The van der Waals surface area contributed by atoms with E-state index in [1.807, 2.05) is 0 Å². The molecule has 2 heterocycles. The molecule has 14 heteroatoms. The third-order valence-electron chi connectivity index (χ3n) is 7.10. The van der Waals surface area contributed by atoms with Gasteiger partial charge in [0.05, 0.1) is 42.0 Å². The quantitative estimate of drug-likeness (QED) is 0.164. The molecule has 2 aliphatic rings. The SMILES string of the molecule is COc1cc2c(cc1OC)C(=O)N(CC(=O)OC(Cc1c(Cl)cncc1Cl)c1ccc(OC(F)F)c(OCC3CC3)c1)C2=O. The van der Waals surface area contributed by atoms with Crippen LogP contribution in [0.1, 0.15) is 50.8 Å². The van der Waals surface area contributed by atoms with Crippen molar-refractivity contribution in [1.82, 2.24) is 9.88 Å². The van der Waals surface area contributed by atoms with Crippen molar-refractivity contribution in [2.24, 2.45) is 5.92 Å². The topological polar surface area (TPSA) is 113 Å². The van der Waals surface area contributed by atoms with Gasteiger partial charge in [-0.2, -0.15) is 8.78 Å². The Morgan fingerprint density at radius 1 is 0.955 bits per heavy atom. The largest absolute Gasteiger partial charge is 0.493 e. The number of rotatable bonds is 13. The summed E-state index contributed by atoms with van der Waals surface area (Å²) in [6.07, 6.45) is 3.50. The van der Waals surface area contributed by atoms with Crippen LogP contribution < -0.4 is 18.9 Å². The zero-order chi connectivity index (χ0) is 31.5. The number of imide groups is 1. The highest BCUT2D eigenvalue weighted by atomic mass is 35.5. The third kappa shape index (κ3) is 6.81. The number of hydrogen-bond acceptors (Lipinski definition) is 9. The smallest absolute Gasteiger partial charge is 0.387 e. The van der Waals surface area contributed by atoms with Crippen LogP contribution in [0.4, 0.5) is 8.78 Å². The van der Waals surface area contributed by atoms with Crippen LogP contribution in [0.3, 0.4) is 0 Å². The van der Waals surface area contributed by atoms with Gasteiger partial charge in [-0.25, -0.2) is 0 Å². The molecular weight excluding hydrogens is 625 g/mol. The Kier molecular flexibility index (Phi) is 9.40. The molecule has 0 saturated heterocycles. The number of esters is 1. The summed E-state index contributed by atoms with van der Waals surface area (Å²) in [5, 5.41) is 0.398. The van der Waals surface area contributed by atoms with Crippen LogP contribution in [-0.2, 0) is 16.0 Å². The predicted molar refractivity (Wildman–Crippen MR) is 153 cm³/mol. The number of methoxy groups -OCH3 is 2. The molecule has 2 aromatic carbocycles. The normalized spacial score (nSPS) is 14.8. The molecule has 1 aliphatic carbocycles. The van der Waals surface area contributed by atoms with E-state index >= 15 is 0 Å². The summed E-state index contributed by atoms with van der Waals surface area (Å²) in [6.45, 7) is -3.51. The molecule has 1 atom stereocenters. The molecule has 1 aliphatic heterocycles.